The molecule has 1 fully saturated rings. The minimum Gasteiger partial charge on any atom is -0.478 e. The average Bonchev–Trinajstić information content (AvgIpc) is 3.15. The van der Waals surface area contributed by atoms with Crippen LogP contribution in [-0.4, -0.2) is 22.2 Å². The molecule has 0 aromatic heterocycles. The number of amides is 1. The van der Waals surface area contributed by atoms with Gasteiger partial charge in [0.1, 0.15) is 0 Å². The minimum absolute atomic E-state index is 0.0929. The molecule has 1 aliphatic rings. The highest BCUT2D eigenvalue weighted by molar-refractivity contribution is 8.00. The largest absolute Gasteiger partial charge is 0.478 e. The Bertz CT molecular complexity index is 784. The molecule has 0 aliphatic heterocycles. The summed E-state index contributed by atoms with van der Waals surface area (Å²) >= 11 is 1.85. The number of para-hydroxylation sites is 1. The lowest BCUT2D eigenvalue weighted by atomic mass is 10.0. The number of nitrogens with one attached hydrogen (secondary N) is 1. The van der Waals surface area contributed by atoms with E-state index in [4.69, 9.17) is 0 Å². The third-order valence-corrected chi connectivity index (χ3v) is 6.04. The number of aryl methyl sites for hydroxylation is 1. The lowest BCUT2D eigenvalue weighted by Gasteiger charge is -2.14. The van der Waals surface area contributed by atoms with Crippen LogP contribution in [0, 0.1) is 0 Å². The topological polar surface area (TPSA) is 66.4 Å². The molecule has 0 atom stereocenters. The first kappa shape index (κ1) is 18.5. The molecular weight excluding hydrogens is 346 g/mol. The molecule has 4 nitrogen and oxygen atoms in total. The first-order chi connectivity index (χ1) is 12.6. The number of anilines is 1. The van der Waals surface area contributed by atoms with E-state index in [2.05, 4.69) is 11.4 Å². The number of thioether (sulfide) groups is 1. The Balaban J connectivity index is 1.61. The van der Waals surface area contributed by atoms with Gasteiger partial charge in [0.2, 0.25) is 5.91 Å². The second-order valence-corrected chi connectivity index (χ2v) is 7.87. The summed E-state index contributed by atoms with van der Waals surface area (Å²) in [5.41, 5.74) is 1.79. The first-order valence-corrected chi connectivity index (χ1v) is 9.88. The van der Waals surface area contributed by atoms with Gasteiger partial charge in [-0.05, 0) is 43.0 Å². The summed E-state index contributed by atoms with van der Waals surface area (Å²) in [6.45, 7) is 0. The van der Waals surface area contributed by atoms with Gasteiger partial charge in [-0.25, -0.2) is 4.79 Å². The van der Waals surface area contributed by atoms with Crippen LogP contribution >= 0.6 is 11.8 Å². The molecule has 1 amide bonds. The molecule has 0 bridgehead atoms. The van der Waals surface area contributed by atoms with Gasteiger partial charge in [0.05, 0.1) is 11.3 Å². The molecule has 1 aliphatic carbocycles. The van der Waals surface area contributed by atoms with Gasteiger partial charge in [-0.3, -0.25) is 4.79 Å². The van der Waals surface area contributed by atoms with Crippen LogP contribution < -0.4 is 5.32 Å². The van der Waals surface area contributed by atoms with Crippen molar-refractivity contribution >= 4 is 29.3 Å². The molecule has 0 radical (unpaired) electrons. The standard InChI is InChI=1S/C21H23NO3S/c23-20(14-13-15-7-1-4-10-17(15)21(24)25)22-18-11-5-6-12-19(18)26-16-8-2-3-9-16/h1,4-7,10-12,16H,2-3,8-9,13-14H2,(H,22,23)(H,24,25). The fourth-order valence-electron chi connectivity index (χ4n) is 3.27. The highest BCUT2D eigenvalue weighted by atomic mass is 32.2. The maximum Gasteiger partial charge on any atom is 0.335 e. The zero-order valence-electron chi connectivity index (χ0n) is 14.6. The maximum absolute atomic E-state index is 12.4. The lowest BCUT2D eigenvalue weighted by molar-refractivity contribution is -0.116. The van der Waals surface area contributed by atoms with E-state index in [0.717, 1.165) is 10.6 Å². The fraction of sp³-hybridized carbons (Fsp3) is 0.333. The number of rotatable bonds is 7. The summed E-state index contributed by atoms with van der Waals surface area (Å²) in [7, 11) is 0. The van der Waals surface area contributed by atoms with Gasteiger partial charge in [-0.15, -0.1) is 11.8 Å². The normalized spacial score (nSPS) is 14.3. The van der Waals surface area contributed by atoms with Crippen LogP contribution in [0.2, 0.25) is 0 Å². The fourth-order valence-corrected chi connectivity index (χ4v) is 4.60. The molecule has 5 heteroatoms. The van der Waals surface area contributed by atoms with Crippen molar-refractivity contribution in [3.05, 3.63) is 59.7 Å². The van der Waals surface area contributed by atoms with Crippen LogP contribution in [0.4, 0.5) is 5.69 Å². The number of benzene rings is 2. The van der Waals surface area contributed by atoms with Crippen molar-refractivity contribution in [2.75, 3.05) is 5.32 Å². The number of carbonyl (C=O) groups excluding carboxylic acids is 1. The predicted octanol–water partition coefficient (Wildman–Crippen LogP) is 4.99. The summed E-state index contributed by atoms with van der Waals surface area (Å²) in [6.07, 6.45) is 5.71. The number of carbonyl (C=O) groups is 2. The Morgan fingerprint density at radius 1 is 1.04 bits per heavy atom. The monoisotopic (exact) mass is 369 g/mol. The van der Waals surface area contributed by atoms with Crippen LogP contribution in [0.15, 0.2) is 53.4 Å². The van der Waals surface area contributed by atoms with Crippen molar-refractivity contribution < 1.29 is 14.7 Å². The second kappa shape index (κ2) is 8.90. The van der Waals surface area contributed by atoms with Crippen molar-refractivity contribution in [2.24, 2.45) is 0 Å². The van der Waals surface area contributed by atoms with Crippen LogP contribution in [-0.2, 0) is 11.2 Å². The van der Waals surface area contributed by atoms with E-state index in [9.17, 15) is 14.7 Å². The molecule has 2 N–H and O–H groups in total. The van der Waals surface area contributed by atoms with E-state index >= 15 is 0 Å². The van der Waals surface area contributed by atoms with Gasteiger partial charge >= 0.3 is 5.97 Å². The molecule has 2 aromatic carbocycles. The summed E-state index contributed by atoms with van der Waals surface area (Å²) < 4.78 is 0. The van der Waals surface area contributed by atoms with Crippen molar-refractivity contribution in [1.82, 2.24) is 0 Å². The Labute approximate surface area is 158 Å². The summed E-state index contributed by atoms with van der Waals surface area (Å²) in [4.78, 5) is 24.8. The van der Waals surface area contributed by atoms with Gasteiger partial charge in [0.25, 0.3) is 0 Å². The summed E-state index contributed by atoms with van der Waals surface area (Å²) in [5, 5.41) is 12.9. The molecule has 136 valence electrons. The van der Waals surface area contributed by atoms with Crippen LogP contribution in [0.5, 0.6) is 0 Å². The SMILES string of the molecule is O=C(CCc1ccccc1C(=O)O)Nc1ccccc1SC1CCCC1. The Hall–Kier alpha value is -2.27. The van der Waals surface area contributed by atoms with Gasteiger partial charge < -0.3 is 10.4 Å². The van der Waals surface area contributed by atoms with Crippen molar-refractivity contribution in [3.8, 4) is 0 Å². The molecule has 3 rings (SSSR count). The molecule has 26 heavy (non-hydrogen) atoms. The number of hydrogen-bond donors (Lipinski definition) is 2. The van der Waals surface area contributed by atoms with E-state index in [0.29, 0.717) is 17.2 Å². The summed E-state index contributed by atoms with van der Waals surface area (Å²) in [5.74, 6) is -1.05. The van der Waals surface area contributed by atoms with Gasteiger partial charge in [0.15, 0.2) is 0 Å². The van der Waals surface area contributed by atoms with Crippen LogP contribution in [0.1, 0.15) is 48.0 Å². The number of aromatic carboxylic acids is 1. The number of carboxylic acid groups (broad SMARTS) is 1. The smallest absolute Gasteiger partial charge is 0.335 e. The molecule has 0 heterocycles. The van der Waals surface area contributed by atoms with Crippen LogP contribution in [0.3, 0.4) is 0 Å². The number of hydrogen-bond acceptors (Lipinski definition) is 3. The van der Waals surface area contributed by atoms with Crippen molar-refractivity contribution in [1.29, 1.82) is 0 Å². The Kier molecular flexibility index (Phi) is 6.34. The quantitative estimate of drug-likeness (QED) is 0.721. The zero-order valence-corrected chi connectivity index (χ0v) is 15.4. The van der Waals surface area contributed by atoms with Crippen molar-refractivity contribution in [2.45, 2.75) is 48.7 Å². The van der Waals surface area contributed by atoms with E-state index in [1.54, 1.807) is 24.3 Å². The average molecular weight is 369 g/mol. The minimum atomic E-state index is -0.959. The second-order valence-electron chi connectivity index (χ2n) is 6.53. The third kappa shape index (κ3) is 4.88. The predicted molar refractivity (Wildman–Crippen MR) is 105 cm³/mol. The molecule has 1 saturated carbocycles. The summed E-state index contributed by atoms with van der Waals surface area (Å²) in [6, 6.07) is 14.7. The maximum atomic E-state index is 12.4. The Morgan fingerprint density at radius 2 is 1.73 bits per heavy atom. The molecular formula is C21H23NO3S. The first-order valence-electron chi connectivity index (χ1n) is 9.00. The third-order valence-electron chi connectivity index (χ3n) is 4.63. The molecule has 0 saturated heterocycles. The molecule has 2 aromatic rings. The zero-order chi connectivity index (χ0) is 18.4. The highest BCUT2D eigenvalue weighted by Gasteiger charge is 2.18. The van der Waals surface area contributed by atoms with E-state index < -0.39 is 5.97 Å². The molecule has 0 spiro atoms. The van der Waals surface area contributed by atoms with E-state index in [1.807, 2.05) is 30.0 Å². The van der Waals surface area contributed by atoms with E-state index in [-0.39, 0.29) is 17.9 Å². The van der Waals surface area contributed by atoms with Crippen LogP contribution in [0.25, 0.3) is 0 Å². The van der Waals surface area contributed by atoms with Gasteiger partial charge in [0, 0.05) is 16.6 Å². The number of carboxylic acids is 1. The molecule has 0 unspecified atom stereocenters. The van der Waals surface area contributed by atoms with E-state index in [1.165, 1.54) is 25.7 Å². The van der Waals surface area contributed by atoms with Gasteiger partial charge in [-0.1, -0.05) is 43.2 Å². The van der Waals surface area contributed by atoms with Gasteiger partial charge in [-0.2, -0.15) is 0 Å². The highest BCUT2D eigenvalue weighted by Crippen LogP contribution is 2.38. The lowest BCUT2D eigenvalue weighted by Crippen LogP contribution is -2.14. The van der Waals surface area contributed by atoms with Crippen molar-refractivity contribution in [3.63, 3.8) is 0 Å². The Morgan fingerprint density at radius 3 is 2.50 bits per heavy atom.